The average molecular weight is 354 g/mol. The van der Waals surface area contributed by atoms with Crippen molar-refractivity contribution < 1.29 is 19.4 Å². The molecule has 3 rings (SSSR count). The summed E-state index contributed by atoms with van der Waals surface area (Å²) in [5, 5.41) is 8.66. The summed E-state index contributed by atoms with van der Waals surface area (Å²) in [6.07, 6.45) is 4.18. The average Bonchev–Trinajstić information content (AvgIpc) is 2.60. The molecule has 0 radical (unpaired) electrons. The lowest BCUT2D eigenvalue weighted by molar-refractivity contribution is -0.142. The number of para-hydroxylation sites is 1. The number of aliphatic carboxylic acids is 1. The van der Waals surface area contributed by atoms with Crippen LogP contribution in [0.25, 0.3) is 0 Å². The fourth-order valence-electron chi connectivity index (χ4n) is 4.04. The first-order valence-electron chi connectivity index (χ1n) is 9.20. The Morgan fingerprint density at radius 1 is 1.12 bits per heavy atom. The van der Waals surface area contributed by atoms with E-state index in [1.807, 2.05) is 36.4 Å². The van der Waals surface area contributed by atoms with E-state index >= 15 is 0 Å². The molecule has 0 heterocycles. The van der Waals surface area contributed by atoms with E-state index in [2.05, 4.69) is 25.1 Å². The molecule has 1 saturated carbocycles. The van der Waals surface area contributed by atoms with E-state index in [-0.39, 0.29) is 12.0 Å². The molecule has 0 unspecified atom stereocenters. The molecule has 0 aromatic heterocycles. The van der Waals surface area contributed by atoms with Gasteiger partial charge in [0.15, 0.2) is 0 Å². The highest BCUT2D eigenvalue weighted by Crippen LogP contribution is 2.51. The van der Waals surface area contributed by atoms with E-state index in [0.717, 1.165) is 37.2 Å². The molecule has 1 fully saturated rings. The molecule has 0 atom stereocenters. The summed E-state index contributed by atoms with van der Waals surface area (Å²) in [4.78, 5) is 10.5. The molecule has 138 valence electrons. The molecule has 4 nitrogen and oxygen atoms in total. The van der Waals surface area contributed by atoms with Gasteiger partial charge in [0, 0.05) is 6.61 Å². The highest BCUT2D eigenvalue weighted by molar-refractivity contribution is 5.67. The predicted octanol–water partition coefficient (Wildman–Crippen LogP) is 5.03. The third kappa shape index (κ3) is 4.64. The maximum Gasteiger partial charge on any atom is 0.329 e. The lowest BCUT2D eigenvalue weighted by atomic mass is 9.57. The molecule has 1 aliphatic carbocycles. The van der Waals surface area contributed by atoms with Crippen LogP contribution in [0.4, 0.5) is 0 Å². The molecule has 1 aliphatic rings. The van der Waals surface area contributed by atoms with Gasteiger partial charge in [0.05, 0.1) is 0 Å². The number of carbonyl (C=O) groups is 1. The first-order valence-corrected chi connectivity index (χ1v) is 9.20. The molecule has 0 bridgehead atoms. The van der Waals surface area contributed by atoms with Crippen LogP contribution in [0.15, 0.2) is 54.6 Å². The second kappa shape index (κ2) is 8.37. The van der Waals surface area contributed by atoms with Gasteiger partial charge in [0.2, 0.25) is 0 Å². The van der Waals surface area contributed by atoms with Crippen LogP contribution in [-0.2, 0) is 14.9 Å². The minimum Gasteiger partial charge on any atom is -0.480 e. The Kier molecular flexibility index (Phi) is 5.94. The quantitative estimate of drug-likeness (QED) is 0.642. The van der Waals surface area contributed by atoms with Gasteiger partial charge in [0.1, 0.15) is 18.1 Å². The lowest BCUT2D eigenvalue weighted by Crippen LogP contribution is -2.40. The number of carboxylic acid groups (broad SMARTS) is 1. The molecule has 2 aromatic rings. The molecule has 0 saturated heterocycles. The highest BCUT2D eigenvalue weighted by atomic mass is 16.5. The van der Waals surface area contributed by atoms with Crippen molar-refractivity contribution in [1.29, 1.82) is 0 Å². The fourth-order valence-corrected chi connectivity index (χ4v) is 4.04. The molecular formula is C22H26O4. The monoisotopic (exact) mass is 354 g/mol. The Labute approximate surface area is 154 Å². The molecular weight excluding hydrogens is 328 g/mol. The third-order valence-electron chi connectivity index (χ3n) is 5.07. The number of benzene rings is 2. The van der Waals surface area contributed by atoms with Crippen LogP contribution in [0.3, 0.4) is 0 Å². The smallest absolute Gasteiger partial charge is 0.329 e. The zero-order chi connectivity index (χ0) is 18.4. The summed E-state index contributed by atoms with van der Waals surface area (Å²) >= 11 is 0. The number of rotatable bonds is 9. The lowest BCUT2D eigenvalue weighted by Gasteiger charge is -2.47. The SMILES string of the molecule is CC1CC(CCCOCC(=O)O)(c2cccc(Oc3ccccc3)c2)C1. The van der Waals surface area contributed by atoms with Gasteiger partial charge >= 0.3 is 5.97 Å². The normalized spacial score (nSPS) is 21.8. The second-order valence-corrected chi connectivity index (χ2v) is 7.29. The van der Waals surface area contributed by atoms with E-state index in [9.17, 15) is 4.79 Å². The molecule has 2 aromatic carbocycles. The Morgan fingerprint density at radius 2 is 1.85 bits per heavy atom. The number of carboxylic acids is 1. The zero-order valence-corrected chi connectivity index (χ0v) is 15.2. The van der Waals surface area contributed by atoms with Gasteiger partial charge in [-0.3, -0.25) is 0 Å². The molecule has 0 spiro atoms. The van der Waals surface area contributed by atoms with Crippen LogP contribution in [0.1, 0.15) is 38.2 Å². The van der Waals surface area contributed by atoms with Crippen molar-refractivity contribution in [2.75, 3.05) is 13.2 Å². The zero-order valence-electron chi connectivity index (χ0n) is 15.2. The Hall–Kier alpha value is -2.33. The van der Waals surface area contributed by atoms with Gasteiger partial charge in [0.25, 0.3) is 0 Å². The van der Waals surface area contributed by atoms with Crippen molar-refractivity contribution in [1.82, 2.24) is 0 Å². The van der Waals surface area contributed by atoms with Crippen molar-refractivity contribution in [2.24, 2.45) is 5.92 Å². The summed E-state index contributed by atoms with van der Waals surface area (Å²) < 4.78 is 11.2. The van der Waals surface area contributed by atoms with Crippen LogP contribution in [0, 0.1) is 5.92 Å². The summed E-state index contributed by atoms with van der Waals surface area (Å²) in [6, 6.07) is 18.2. The summed E-state index contributed by atoms with van der Waals surface area (Å²) in [6.45, 7) is 2.55. The van der Waals surface area contributed by atoms with Crippen LogP contribution in [-0.4, -0.2) is 24.3 Å². The fraction of sp³-hybridized carbons (Fsp3) is 0.409. The maximum atomic E-state index is 10.5. The third-order valence-corrected chi connectivity index (χ3v) is 5.07. The first-order chi connectivity index (χ1) is 12.6. The van der Waals surface area contributed by atoms with Crippen molar-refractivity contribution in [2.45, 2.75) is 38.0 Å². The van der Waals surface area contributed by atoms with Gasteiger partial charge in [-0.25, -0.2) is 4.79 Å². The summed E-state index contributed by atoms with van der Waals surface area (Å²) in [7, 11) is 0. The van der Waals surface area contributed by atoms with Crippen molar-refractivity contribution >= 4 is 5.97 Å². The van der Waals surface area contributed by atoms with Crippen LogP contribution in [0.2, 0.25) is 0 Å². The van der Waals surface area contributed by atoms with Gasteiger partial charge in [-0.2, -0.15) is 0 Å². The van der Waals surface area contributed by atoms with Crippen molar-refractivity contribution in [3.05, 3.63) is 60.2 Å². The summed E-state index contributed by atoms with van der Waals surface area (Å²) in [5.41, 5.74) is 1.46. The maximum absolute atomic E-state index is 10.5. The Bertz CT molecular complexity index is 720. The van der Waals surface area contributed by atoms with E-state index in [1.54, 1.807) is 0 Å². The number of hydrogen-bond acceptors (Lipinski definition) is 3. The second-order valence-electron chi connectivity index (χ2n) is 7.29. The van der Waals surface area contributed by atoms with E-state index in [4.69, 9.17) is 14.6 Å². The standard InChI is InChI=1S/C22H26O4/c1-17-14-22(15-17,11-6-12-25-16-21(23)24)18-7-5-10-20(13-18)26-19-8-3-2-4-9-19/h2-5,7-10,13,17H,6,11-12,14-16H2,1H3,(H,23,24). The summed E-state index contributed by atoms with van der Waals surface area (Å²) in [5.74, 6) is 1.49. The van der Waals surface area contributed by atoms with Crippen LogP contribution in [0.5, 0.6) is 11.5 Å². The minimum atomic E-state index is -0.914. The molecule has 26 heavy (non-hydrogen) atoms. The Balaban J connectivity index is 1.66. The molecule has 1 N–H and O–H groups in total. The van der Waals surface area contributed by atoms with E-state index in [1.165, 1.54) is 5.56 Å². The van der Waals surface area contributed by atoms with Crippen molar-refractivity contribution in [3.8, 4) is 11.5 Å². The molecule has 0 amide bonds. The van der Waals surface area contributed by atoms with Crippen molar-refractivity contribution in [3.63, 3.8) is 0 Å². The number of hydrogen-bond donors (Lipinski definition) is 1. The predicted molar refractivity (Wildman–Crippen MR) is 101 cm³/mol. The van der Waals surface area contributed by atoms with Gasteiger partial charge in [-0.05, 0) is 66.8 Å². The largest absolute Gasteiger partial charge is 0.480 e. The van der Waals surface area contributed by atoms with Gasteiger partial charge < -0.3 is 14.6 Å². The molecule has 0 aliphatic heterocycles. The highest BCUT2D eigenvalue weighted by Gasteiger charge is 2.42. The Morgan fingerprint density at radius 3 is 2.54 bits per heavy atom. The molecule has 4 heteroatoms. The van der Waals surface area contributed by atoms with E-state index in [0.29, 0.717) is 12.5 Å². The van der Waals surface area contributed by atoms with Gasteiger partial charge in [-0.1, -0.05) is 37.3 Å². The van der Waals surface area contributed by atoms with E-state index < -0.39 is 5.97 Å². The topological polar surface area (TPSA) is 55.8 Å². The number of ether oxygens (including phenoxy) is 2. The first kappa shape index (κ1) is 18.5. The van der Waals surface area contributed by atoms with Crippen LogP contribution >= 0.6 is 0 Å². The van der Waals surface area contributed by atoms with Gasteiger partial charge in [-0.15, -0.1) is 0 Å². The minimum absolute atomic E-state index is 0.155. The van der Waals surface area contributed by atoms with Crippen LogP contribution < -0.4 is 4.74 Å².